The van der Waals surface area contributed by atoms with E-state index in [4.69, 9.17) is 0 Å². The van der Waals surface area contributed by atoms with Gasteiger partial charge in [0.05, 0.1) is 29.0 Å². The number of β-amino-alcohol motifs (C(OH)–C–C–N with tert-alkyl or cyclic N) is 1. The highest BCUT2D eigenvalue weighted by Gasteiger charge is 2.37. The Hall–Kier alpha value is -3.24. The number of hydrogen-bond donors (Lipinski definition) is 2. The van der Waals surface area contributed by atoms with E-state index < -0.39 is 5.60 Å². The molecule has 1 aliphatic heterocycles. The molecule has 0 unspecified atom stereocenters. The van der Waals surface area contributed by atoms with E-state index in [1.165, 1.54) is 6.07 Å². The summed E-state index contributed by atoms with van der Waals surface area (Å²) in [5.74, 6) is 0.123. The zero-order valence-corrected chi connectivity index (χ0v) is 17.5. The van der Waals surface area contributed by atoms with Crippen LogP contribution in [0.4, 0.5) is 15.9 Å². The molecule has 0 aliphatic carbocycles. The maximum absolute atomic E-state index is 15.0. The molecule has 4 rings (SSSR count). The van der Waals surface area contributed by atoms with Gasteiger partial charge < -0.3 is 15.3 Å². The summed E-state index contributed by atoms with van der Waals surface area (Å²) in [7, 11) is 0. The molecule has 2 heterocycles. The number of nitrogens with one attached hydrogen (secondary N) is 1. The maximum Gasteiger partial charge on any atom is 0.157 e. The first-order valence-corrected chi connectivity index (χ1v) is 9.90. The van der Waals surface area contributed by atoms with Crippen molar-refractivity contribution in [2.75, 3.05) is 23.3 Å². The van der Waals surface area contributed by atoms with E-state index in [-0.39, 0.29) is 11.9 Å². The van der Waals surface area contributed by atoms with Crippen molar-refractivity contribution < 1.29 is 9.50 Å². The molecule has 0 saturated carbocycles. The van der Waals surface area contributed by atoms with Crippen LogP contribution in [-0.2, 0) is 0 Å². The van der Waals surface area contributed by atoms with Gasteiger partial charge in [0, 0.05) is 29.5 Å². The molecule has 1 atom stereocenters. The smallest absolute Gasteiger partial charge is 0.157 e. The Morgan fingerprint density at radius 1 is 1.27 bits per heavy atom. The minimum atomic E-state index is -0.753. The lowest BCUT2D eigenvalue weighted by Gasteiger charge is -2.45. The van der Waals surface area contributed by atoms with E-state index in [0.717, 1.165) is 11.1 Å². The van der Waals surface area contributed by atoms with E-state index in [9.17, 15) is 10.4 Å². The minimum absolute atomic E-state index is 0.157. The summed E-state index contributed by atoms with van der Waals surface area (Å²) in [4.78, 5) is 1.94. The summed E-state index contributed by atoms with van der Waals surface area (Å²) in [5, 5.41) is 32.2. The molecule has 1 aliphatic rings. The standard InChI is InChI=1S/C23H24FN5O/c1-13-16(10-25)6-5-7-18(13)14(2)26-22-19-8-17(29-11-23(4,30)12-29)9-20(24)21(19)15(3)27-28-22/h5-9,14,30H,11-12H2,1-4H3,(H,26,28)/t14-/m1/s1. The molecule has 0 bridgehead atoms. The quantitative estimate of drug-likeness (QED) is 0.682. The molecular formula is C23H24FN5O. The zero-order chi connectivity index (χ0) is 21.6. The summed E-state index contributed by atoms with van der Waals surface area (Å²) in [6.45, 7) is 8.30. The second-order valence-electron chi connectivity index (χ2n) is 8.33. The molecule has 6 nitrogen and oxygen atoms in total. The van der Waals surface area contributed by atoms with Crippen molar-refractivity contribution in [2.45, 2.75) is 39.3 Å². The van der Waals surface area contributed by atoms with Crippen LogP contribution in [0, 0.1) is 31.0 Å². The molecule has 30 heavy (non-hydrogen) atoms. The summed E-state index contributed by atoms with van der Waals surface area (Å²) in [5.41, 5.74) is 2.97. The van der Waals surface area contributed by atoms with Gasteiger partial charge in [-0.15, -0.1) is 5.10 Å². The van der Waals surface area contributed by atoms with Crippen LogP contribution >= 0.6 is 0 Å². The summed E-state index contributed by atoms with van der Waals surface area (Å²) < 4.78 is 15.0. The van der Waals surface area contributed by atoms with E-state index in [1.807, 2.05) is 36.9 Å². The number of hydrogen-bond acceptors (Lipinski definition) is 6. The van der Waals surface area contributed by atoms with E-state index in [1.54, 1.807) is 19.9 Å². The molecule has 1 saturated heterocycles. The SMILES string of the molecule is Cc1c(C#N)cccc1[C@@H](C)Nc1nnc(C)c2c(F)cc(N3CC(C)(O)C3)cc12. The first-order chi connectivity index (χ1) is 14.2. The van der Waals surface area contributed by atoms with Crippen LogP contribution in [0.25, 0.3) is 10.8 Å². The molecule has 1 aromatic heterocycles. The molecule has 1 fully saturated rings. The van der Waals surface area contributed by atoms with E-state index >= 15 is 4.39 Å². The maximum atomic E-state index is 15.0. The van der Waals surface area contributed by atoms with Crippen molar-refractivity contribution in [1.82, 2.24) is 10.2 Å². The van der Waals surface area contributed by atoms with Crippen molar-refractivity contribution in [3.63, 3.8) is 0 Å². The normalized spacial score (nSPS) is 16.1. The van der Waals surface area contributed by atoms with Gasteiger partial charge in [0.2, 0.25) is 0 Å². The average molecular weight is 405 g/mol. The zero-order valence-electron chi connectivity index (χ0n) is 17.5. The van der Waals surface area contributed by atoms with Crippen LogP contribution in [-0.4, -0.2) is 34.0 Å². The third-order valence-corrected chi connectivity index (χ3v) is 5.74. The van der Waals surface area contributed by atoms with Crippen LogP contribution < -0.4 is 10.2 Å². The number of aromatic nitrogens is 2. The predicted octanol–water partition coefficient (Wildman–Crippen LogP) is 4.00. The summed E-state index contributed by atoms with van der Waals surface area (Å²) in [6.07, 6.45) is 0. The number of aliphatic hydroxyl groups is 1. The number of fused-ring (bicyclic) bond motifs is 1. The second-order valence-corrected chi connectivity index (χ2v) is 8.33. The Balaban J connectivity index is 1.75. The Morgan fingerprint density at radius 3 is 2.67 bits per heavy atom. The molecule has 154 valence electrons. The largest absolute Gasteiger partial charge is 0.386 e. The van der Waals surface area contributed by atoms with E-state index in [0.29, 0.717) is 46.6 Å². The van der Waals surface area contributed by atoms with Gasteiger partial charge in [-0.05, 0) is 57.0 Å². The Morgan fingerprint density at radius 2 is 2.00 bits per heavy atom. The van der Waals surface area contributed by atoms with Gasteiger partial charge in [0.1, 0.15) is 5.82 Å². The number of aryl methyl sites for hydroxylation is 1. The lowest BCUT2D eigenvalue weighted by Crippen LogP contribution is -2.60. The van der Waals surface area contributed by atoms with Gasteiger partial charge in [-0.2, -0.15) is 10.4 Å². The summed E-state index contributed by atoms with van der Waals surface area (Å²) >= 11 is 0. The van der Waals surface area contributed by atoms with Crippen LogP contribution in [0.2, 0.25) is 0 Å². The number of benzene rings is 2. The van der Waals surface area contributed by atoms with Crippen molar-refractivity contribution in [1.29, 1.82) is 5.26 Å². The molecule has 0 spiro atoms. The highest BCUT2D eigenvalue weighted by atomic mass is 19.1. The van der Waals surface area contributed by atoms with Crippen LogP contribution in [0.15, 0.2) is 30.3 Å². The van der Waals surface area contributed by atoms with Crippen molar-refractivity contribution in [3.8, 4) is 6.07 Å². The minimum Gasteiger partial charge on any atom is -0.386 e. The first kappa shape index (κ1) is 20.0. The molecule has 3 aromatic rings. The lowest BCUT2D eigenvalue weighted by atomic mass is 9.95. The van der Waals surface area contributed by atoms with Gasteiger partial charge in [-0.3, -0.25) is 0 Å². The van der Waals surface area contributed by atoms with Gasteiger partial charge in [0.25, 0.3) is 0 Å². The van der Waals surface area contributed by atoms with Gasteiger partial charge in [0.15, 0.2) is 5.82 Å². The van der Waals surface area contributed by atoms with Gasteiger partial charge in [-0.1, -0.05) is 12.1 Å². The molecule has 2 aromatic carbocycles. The number of halogens is 1. The number of rotatable bonds is 4. The van der Waals surface area contributed by atoms with Crippen LogP contribution in [0.1, 0.15) is 42.3 Å². The highest BCUT2D eigenvalue weighted by molar-refractivity contribution is 5.96. The fourth-order valence-electron chi connectivity index (χ4n) is 4.15. The number of anilines is 2. The van der Waals surface area contributed by atoms with Crippen molar-refractivity contribution >= 4 is 22.3 Å². The van der Waals surface area contributed by atoms with Gasteiger partial charge >= 0.3 is 0 Å². The molecular weight excluding hydrogens is 381 g/mol. The fraction of sp³-hybridized carbons (Fsp3) is 0.348. The predicted molar refractivity (Wildman–Crippen MR) is 115 cm³/mol. The van der Waals surface area contributed by atoms with Gasteiger partial charge in [-0.25, -0.2) is 4.39 Å². The molecule has 7 heteroatoms. The highest BCUT2D eigenvalue weighted by Crippen LogP contribution is 2.35. The fourth-order valence-corrected chi connectivity index (χ4v) is 4.15. The second kappa shape index (κ2) is 7.22. The molecule has 2 N–H and O–H groups in total. The number of nitrogens with zero attached hydrogens (tertiary/aromatic N) is 4. The third-order valence-electron chi connectivity index (χ3n) is 5.74. The monoisotopic (exact) mass is 405 g/mol. The summed E-state index contributed by atoms with van der Waals surface area (Å²) in [6, 6.07) is 11.0. The van der Waals surface area contributed by atoms with Crippen molar-refractivity contribution in [2.24, 2.45) is 0 Å². The Kier molecular flexibility index (Phi) is 4.83. The molecule has 0 radical (unpaired) electrons. The molecule has 0 amide bonds. The Bertz CT molecular complexity index is 1180. The van der Waals surface area contributed by atoms with E-state index in [2.05, 4.69) is 21.6 Å². The topological polar surface area (TPSA) is 85.1 Å². The number of nitriles is 1. The lowest BCUT2D eigenvalue weighted by molar-refractivity contribution is 0.0310. The Labute approximate surface area is 175 Å². The van der Waals surface area contributed by atoms with Crippen molar-refractivity contribution in [3.05, 3.63) is 58.5 Å². The third kappa shape index (κ3) is 3.44. The van der Waals surface area contributed by atoms with Crippen LogP contribution in [0.5, 0.6) is 0 Å². The average Bonchev–Trinajstić information content (AvgIpc) is 2.67. The first-order valence-electron chi connectivity index (χ1n) is 9.90. The van der Waals surface area contributed by atoms with Crippen LogP contribution in [0.3, 0.4) is 0 Å².